The number of hydrogen-bond donors (Lipinski definition) is 1. The Balaban J connectivity index is 2.22. The van der Waals surface area contributed by atoms with E-state index in [2.05, 4.69) is 62.5 Å². The smallest absolute Gasteiger partial charge is 0.0414 e. The van der Waals surface area contributed by atoms with Crippen LogP contribution in [0.5, 0.6) is 0 Å². The summed E-state index contributed by atoms with van der Waals surface area (Å²) < 4.78 is 0. The summed E-state index contributed by atoms with van der Waals surface area (Å²) in [5.74, 6) is 0. The van der Waals surface area contributed by atoms with Gasteiger partial charge in [0.15, 0.2) is 0 Å². The molecule has 108 valence electrons. The van der Waals surface area contributed by atoms with Crippen molar-refractivity contribution in [2.45, 2.75) is 46.1 Å². The molecule has 0 radical (unpaired) electrons. The summed E-state index contributed by atoms with van der Waals surface area (Å²) in [7, 11) is 0. The highest BCUT2D eigenvalue weighted by Crippen LogP contribution is 2.33. The van der Waals surface area contributed by atoms with E-state index in [4.69, 9.17) is 0 Å². The normalized spacial score (nSPS) is 12.6. The fourth-order valence-electron chi connectivity index (χ4n) is 2.52. The van der Waals surface area contributed by atoms with Crippen LogP contribution in [0.25, 0.3) is 10.4 Å². The molecular weight excluding hydrogens is 262 g/mol. The molecule has 1 aromatic carbocycles. The van der Waals surface area contributed by atoms with Crippen molar-refractivity contribution < 1.29 is 0 Å². The van der Waals surface area contributed by atoms with Crippen LogP contribution in [0.3, 0.4) is 0 Å². The standard InChI is InChI=1S/C18H25NS/c1-4-8-16(19-6-3)18-12-11-17(20-18)15-10-7-9-14(5-2)13-15/h7,9-13,16,19H,4-6,8H2,1-3H3. The zero-order chi connectivity index (χ0) is 14.4. The van der Waals surface area contributed by atoms with Gasteiger partial charge in [-0.25, -0.2) is 0 Å². The molecule has 0 amide bonds. The fourth-order valence-corrected chi connectivity index (χ4v) is 3.63. The quantitative estimate of drug-likeness (QED) is 0.716. The van der Waals surface area contributed by atoms with E-state index >= 15 is 0 Å². The van der Waals surface area contributed by atoms with Crippen LogP contribution in [0.4, 0.5) is 0 Å². The van der Waals surface area contributed by atoms with Gasteiger partial charge >= 0.3 is 0 Å². The largest absolute Gasteiger partial charge is 0.310 e. The monoisotopic (exact) mass is 287 g/mol. The second-order valence-electron chi connectivity index (χ2n) is 5.15. The molecule has 1 atom stereocenters. The number of thiophene rings is 1. The van der Waals surface area contributed by atoms with Crippen molar-refractivity contribution >= 4 is 11.3 Å². The molecule has 1 aromatic heterocycles. The Hall–Kier alpha value is -1.12. The second-order valence-corrected chi connectivity index (χ2v) is 6.27. The van der Waals surface area contributed by atoms with Gasteiger partial charge in [-0.05, 0) is 42.6 Å². The van der Waals surface area contributed by atoms with Crippen LogP contribution in [0.2, 0.25) is 0 Å². The molecule has 0 aliphatic rings. The Bertz CT molecular complexity index is 524. The summed E-state index contributed by atoms with van der Waals surface area (Å²) >= 11 is 1.93. The summed E-state index contributed by atoms with van der Waals surface area (Å²) in [6.45, 7) is 7.68. The summed E-state index contributed by atoms with van der Waals surface area (Å²) in [5, 5.41) is 3.60. The molecule has 0 bridgehead atoms. The van der Waals surface area contributed by atoms with Crippen LogP contribution in [-0.4, -0.2) is 6.54 Å². The van der Waals surface area contributed by atoms with E-state index < -0.39 is 0 Å². The summed E-state index contributed by atoms with van der Waals surface area (Å²) in [6.07, 6.45) is 3.53. The molecule has 2 heteroatoms. The third kappa shape index (κ3) is 3.71. The number of nitrogens with one attached hydrogen (secondary N) is 1. The molecule has 0 saturated carbocycles. The molecule has 1 unspecified atom stereocenters. The van der Waals surface area contributed by atoms with Gasteiger partial charge in [-0.1, -0.05) is 51.5 Å². The van der Waals surface area contributed by atoms with E-state index in [1.54, 1.807) is 0 Å². The summed E-state index contributed by atoms with van der Waals surface area (Å²) in [4.78, 5) is 2.85. The van der Waals surface area contributed by atoms with Crippen LogP contribution in [0, 0.1) is 0 Å². The van der Waals surface area contributed by atoms with E-state index in [-0.39, 0.29) is 0 Å². The van der Waals surface area contributed by atoms with E-state index in [0.717, 1.165) is 13.0 Å². The van der Waals surface area contributed by atoms with Crippen molar-refractivity contribution in [3.8, 4) is 10.4 Å². The maximum Gasteiger partial charge on any atom is 0.0414 e. The average molecular weight is 287 g/mol. The van der Waals surface area contributed by atoms with E-state index in [1.165, 1.54) is 33.7 Å². The van der Waals surface area contributed by atoms with Gasteiger partial charge < -0.3 is 5.32 Å². The van der Waals surface area contributed by atoms with E-state index in [1.807, 2.05) is 11.3 Å². The van der Waals surface area contributed by atoms with Crippen molar-refractivity contribution in [3.05, 3.63) is 46.8 Å². The lowest BCUT2D eigenvalue weighted by Gasteiger charge is -2.15. The highest BCUT2D eigenvalue weighted by atomic mass is 32.1. The maximum atomic E-state index is 3.60. The second kappa shape index (κ2) is 7.61. The van der Waals surface area contributed by atoms with Gasteiger partial charge in [0.05, 0.1) is 0 Å². The van der Waals surface area contributed by atoms with Gasteiger partial charge in [-0.3, -0.25) is 0 Å². The predicted molar refractivity (Wildman–Crippen MR) is 90.5 cm³/mol. The van der Waals surface area contributed by atoms with Gasteiger partial charge in [0.1, 0.15) is 0 Å². The third-order valence-corrected chi connectivity index (χ3v) is 4.87. The van der Waals surface area contributed by atoms with Crippen molar-refractivity contribution in [1.82, 2.24) is 5.32 Å². The molecule has 0 saturated heterocycles. The minimum absolute atomic E-state index is 0.512. The van der Waals surface area contributed by atoms with Gasteiger partial charge in [0.25, 0.3) is 0 Å². The van der Waals surface area contributed by atoms with Crippen LogP contribution < -0.4 is 5.32 Å². The van der Waals surface area contributed by atoms with Crippen molar-refractivity contribution in [2.75, 3.05) is 6.54 Å². The van der Waals surface area contributed by atoms with E-state index in [9.17, 15) is 0 Å². The lowest BCUT2D eigenvalue weighted by Crippen LogP contribution is -2.19. The number of hydrogen-bond acceptors (Lipinski definition) is 2. The summed E-state index contributed by atoms with van der Waals surface area (Å²) in [5.41, 5.74) is 2.77. The molecule has 0 spiro atoms. The zero-order valence-electron chi connectivity index (χ0n) is 12.8. The highest BCUT2D eigenvalue weighted by molar-refractivity contribution is 7.15. The van der Waals surface area contributed by atoms with Crippen molar-refractivity contribution in [1.29, 1.82) is 0 Å². The molecule has 1 nitrogen and oxygen atoms in total. The molecule has 0 aliphatic heterocycles. The summed E-state index contributed by atoms with van der Waals surface area (Å²) in [6, 6.07) is 14.0. The molecular formula is C18H25NS. The molecule has 1 heterocycles. The topological polar surface area (TPSA) is 12.0 Å². The van der Waals surface area contributed by atoms with Crippen LogP contribution in [-0.2, 0) is 6.42 Å². The van der Waals surface area contributed by atoms with Gasteiger partial charge in [0, 0.05) is 15.8 Å². The van der Waals surface area contributed by atoms with Crippen LogP contribution in [0.1, 0.15) is 50.1 Å². The first-order valence-electron chi connectivity index (χ1n) is 7.70. The van der Waals surface area contributed by atoms with Gasteiger partial charge in [-0.15, -0.1) is 11.3 Å². The molecule has 2 rings (SSSR count). The van der Waals surface area contributed by atoms with Gasteiger partial charge in [-0.2, -0.15) is 0 Å². The first-order chi connectivity index (χ1) is 9.78. The van der Waals surface area contributed by atoms with Crippen LogP contribution in [0.15, 0.2) is 36.4 Å². The van der Waals surface area contributed by atoms with Gasteiger partial charge in [0.2, 0.25) is 0 Å². The first-order valence-corrected chi connectivity index (χ1v) is 8.52. The minimum atomic E-state index is 0.512. The fraction of sp³-hybridized carbons (Fsp3) is 0.444. The Morgan fingerprint density at radius 1 is 1.10 bits per heavy atom. The lowest BCUT2D eigenvalue weighted by atomic mass is 10.1. The van der Waals surface area contributed by atoms with Crippen LogP contribution >= 0.6 is 11.3 Å². The molecule has 20 heavy (non-hydrogen) atoms. The minimum Gasteiger partial charge on any atom is -0.310 e. The Morgan fingerprint density at radius 3 is 2.65 bits per heavy atom. The lowest BCUT2D eigenvalue weighted by molar-refractivity contribution is 0.516. The van der Waals surface area contributed by atoms with E-state index in [0.29, 0.717) is 6.04 Å². The van der Waals surface area contributed by atoms with Crippen molar-refractivity contribution in [3.63, 3.8) is 0 Å². The zero-order valence-corrected chi connectivity index (χ0v) is 13.6. The predicted octanol–water partition coefficient (Wildman–Crippen LogP) is 5.43. The van der Waals surface area contributed by atoms with Crippen molar-refractivity contribution in [2.24, 2.45) is 0 Å². The SMILES string of the molecule is CCCC(NCC)c1ccc(-c2cccc(CC)c2)s1. The molecule has 1 N–H and O–H groups in total. The first kappa shape index (κ1) is 15.3. The number of benzene rings is 1. The third-order valence-electron chi connectivity index (χ3n) is 3.62. The maximum absolute atomic E-state index is 3.60. The molecule has 2 aromatic rings. The number of aryl methyl sites for hydroxylation is 1. The molecule has 0 fully saturated rings. The Kier molecular flexibility index (Phi) is 5.81. The number of rotatable bonds is 7. The highest BCUT2D eigenvalue weighted by Gasteiger charge is 2.12. The Labute approximate surface area is 127 Å². The Morgan fingerprint density at radius 2 is 1.95 bits per heavy atom. The average Bonchev–Trinajstić information content (AvgIpc) is 2.97. The molecule has 0 aliphatic carbocycles.